The molecule has 1 rings (SSSR count). The first-order chi connectivity index (χ1) is 8.65. The van der Waals surface area contributed by atoms with Gasteiger partial charge in [0, 0.05) is 12.6 Å². The van der Waals surface area contributed by atoms with E-state index in [2.05, 4.69) is 43.4 Å². The normalized spacial score (nSPS) is 12.2. The molecule has 3 nitrogen and oxygen atoms in total. The average Bonchev–Trinajstić information content (AvgIpc) is 2.36. The molecule has 0 saturated heterocycles. The van der Waals surface area contributed by atoms with Gasteiger partial charge in [0.25, 0.3) is 0 Å². The molecule has 3 heteroatoms. The standard InChI is InChI=1S/C15H23NO2/c1-4-14(10-15(17)18-5-2)16-11-13-8-6-12(3)7-9-13/h6-9,14,16H,4-5,10-11H2,1-3H3. The molecule has 0 aliphatic heterocycles. The van der Waals surface area contributed by atoms with Gasteiger partial charge in [0.1, 0.15) is 0 Å². The van der Waals surface area contributed by atoms with Gasteiger partial charge in [0.2, 0.25) is 0 Å². The van der Waals surface area contributed by atoms with Crippen molar-refractivity contribution in [2.24, 2.45) is 0 Å². The average molecular weight is 249 g/mol. The summed E-state index contributed by atoms with van der Waals surface area (Å²) in [5.41, 5.74) is 2.50. The Morgan fingerprint density at radius 3 is 2.50 bits per heavy atom. The molecular formula is C15H23NO2. The van der Waals surface area contributed by atoms with E-state index in [1.807, 2.05) is 6.92 Å². The summed E-state index contributed by atoms with van der Waals surface area (Å²) in [6.45, 7) is 7.23. The van der Waals surface area contributed by atoms with E-state index in [-0.39, 0.29) is 12.0 Å². The molecule has 0 spiro atoms. The van der Waals surface area contributed by atoms with Crippen LogP contribution < -0.4 is 5.32 Å². The third-order valence-electron chi connectivity index (χ3n) is 2.93. The molecule has 0 amide bonds. The number of carbonyl (C=O) groups excluding carboxylic acids is 1. The molecule has 0 radical (unpaired) electrons. The van der Waals surface area contributed by atoms with Crippen molar-refractivity contribution < 1.29 is 9.53 Å². The van der Waals surface area contributed by atoms with Crippen molar-refractivity contribution in [2.45, 2.75) is 46.2 Å². The molecule has 1 atom stereocenters. The van der Waals surface area contributed by atoms with Gasteiger partial charge in [-0.05, 0) is 25.8 Å². The summed E-state index contributed by atoms with van der Waals surface area (Å²) < 4.78 is 4.96. The highest BCUT2D eigenvalue weighted by Gasteiger charge is 2.12. The Kier molecular flexibility index (Phi) is 6.44. The Morgan fingerprint density at radius 1 is 1.28 bits per heavy atom. The maximum absolute atomic E-state index is 11.4. The van der Waals surface area contributed by atoms with Crippen LogP contribution in [0, 0.1) is 6.92 Å². The summed E-state index contributed by atoms with van der Waals surface area (Å²) in [7, 11) is 0. The molecule has 100 valence electrons. The van der Waals surface area contributed by atoms with Crippen molar-refractivity contribution in [1.82, 2.24) is 5.32 Å². The first-order valence-electron chi connectivity index (χ1n) is 6.60. The van der Waals surface area contributed by atoms with E-state index in [0.717, 1.165) is 13.0 Å². The molecule has 1 unspecified atom stereocenters. The topological polar surface area (TPSA) is 38.3 Å². The summed E-state index contributed by atoms with van der Waals surface area (Å²) in [5, 5.41) is 3.39. The highest BCUT2D eigenvalue weighted by atomic mass is 16.5. The van der Waals surface area contributed by atoms with Crippen molar-refractivity contribution in [3.8, 4) is 0 Å². The highest BCUT2D eigenvalue weighted by Crippen LogP contribution is 2.05. The zero-order chi connectivity index (χ0) is 13.4. The van der Waals surface area contributed by atoms with Gasteiger partial charge in [-0.3, -0.25) is 4.79 Å². The van der Waals surface area contributed by atoms with E-state index in [9.17, 15) is 4.79 Å². The summed E-state index contributed by atoms with van der Waals surface area (Å²) in [4.78, 5) is 11.4. The zero-order valence-electron chi connectivity index (χ0n) is 11.5. The molecule has 1 N–H and O–H groups in total. The van der Waals surface area contributed by atoms with E-state index in [1.54, 1.807) is 0 Å². The predicted octanol–water partition coefficient (Wildman–Crippen LogP) is 2.82. The molecular weight excluding hydrogens is 226 g/mol. The van der Waals surface area contributed by atoms with Gasteiger partial charge >= 0.3 is 5.97 Å². The van der Waals surface area contributed by atoms with Crippen molar-refractivity contribution in [2.75, 3.05) is 6.61 Å². The number of esters is 1. The van der Waals surface area contributed by atoms with Crippen LogP contribution in [-0.2, 0) is 16.1 Å². The van der Waals surface area contributed by atoms with Crippen LogP contribution in [0.2, 0.25) is 0 Å². The SMILES string of the molecule is CCOC(=O)CC(CC)NCc1ccc(C)cc1. The maximum Gasteiger partial charge on any atom is 0.307 e. The van der Waals surface area contributed by atoms with E-state index in [0.29, 0.717) is 13.0 Å². The van der Waals surface area contributed by atoms with Crippen molar-refractivity contribution in [3.05, 3.63) is 35.4 Å². The summed E-state index contributed by atoms with van der Waals surface area (Å²) in [6, 6.07) is 8.61. The minimum absolute atomic E-state index is 0.124. The molecule has 0 fully saturated rings. The molecule has 0 heterocycles. The van der Waals surface area contributed by atoms with Crippen LogP contribution in [-0.4, -0.2) is 18.6 Å². The van der Waals surface area contributed by atoms with Crippen molar-refractivity contribution in [3.63, 3.8) is 0 Å². The van der Waals surface area contributed by atoms with Crippen LogP contribution in [0.15, 0.2) is 24.3 Å². The summed E-state index contributed by atoms with van der Waals surface area (Å²) in [5.74, 6) is -0.124. The minimum Gasteiger partial charge on any atom is -0.466 e. The van der Waals surface area contributed by atoms with Crippen LogP contribution in [0.3, 0.4) is 0 Å². The predicted molar refractivity (Wildman–Crippen MR) is 73.3 cm³/mol. The molecule has 0 aromatic heterocycles. The maximum atomic E-state index is 11.4. The molecule has 1 aromatic rings. The number of hydrogen-bond acceptors (Lipinski definition) is 3. The Hall–Kier alpha value is -1.35. The second kappa shape index (κ2) is 7.88. The number of nitrogens with one attached hydrogen (secondary N) is 1. The third kappa shape index (κ3) is 5.32. The lowest BCUT2D eigenvalue weighted by Gasteiger charge is -2.16. The number of carbonyl (C=O) groups is 1. The lowest BCUT2D eigenvalue weighted by atomic mass is 10.1. The van der Waals surface area contributed by atoms with Crippen LogP contribution in [0.4, 0.5) is 0 Å². The van der Waals surface area contributed by atoms with Crippen LogP contribution in [0.1, 0.15) is 37.8 Å². The first-order valence-corrected chi connectivity index (χ1v) is 6.60. The van der Waals surface area contributed by atoms with Gasteiger partial charge in [-0.1, -0.05) is 36.8 Å². The lowest BCUT2D eigenvalue weighted by molar-refractivity contribution is -0.143. The molecule has 18 heavy (non-hydrogen) atoms. The van der Waals surface area contributed by atoms with Crippen molar-refractivity contribution >= 4 is 5.97 Å². The largest absolute Gasteiger partial charge is 0.466 e. The molecule has 0 saturated carbocycles. The number of ether oxygens (including phenoxy) is 1. The van der Waals surface area contributed by atoms with Gasteiger partial charge in [0.05, 0.1) is 13.0 Å². The Bertz CT molecular complexity index is 359. The summed E-state index contributed by atoms with van der Waals surface area (Å²) >= 11 is 0. The second-order valence-corrected chi connectivity index (χ2v) is 4.48. The molecule has 1 aromatic carbocycles. The minimum atomic E-state index is -0.124. The number of hydrogen-bond donors (Lipinski definition) is 1. The lowest BCUT2D eigenvalue weighted by Crippen LogP contribution is -2.31. The molecule has 0 bridgehead atoms. The number of rotatable bonds is 7. The van der Waals surface area contributed by atoms with Crippen LogP contribution >= 0.6 is 0 Å². The Labute approximate surface area is 110 Å². The van der Waals surface area contributed by atoms with Crippen LogP contribution in [0.25, 0.3) is 0 Å². The zero-order valence-corrected chi connectivity index (χ0v) is 11.5. The van der Waals surface area contributed by atoms with E-state index < -0.39 is 0 Å². The monoisotopic (exact) mass is 249 g/mol. The third-order valence-corrected chi connectivity index (χ3v) is 2.93. The van der Waals surface area contributed by atoms with E-state index >= 15 is 0 Å². The fourth-order valence-electron chi connectivity index (χ4n) is 1.75. The fourth-order valence-corrected chi connectivity index (χ4v) is 1.75. The molecule has 0 aliphatic carbocycles. The van der Waals surface area contributed by atoms with Gasteiger partial charge in [-0.2, -0.15) is 0 Å². The van der Waals surface area contributed by atoms with Gasteiger partial charge in [-0.15, -0.1) is 0 Å². The van der Waals surface area contributed by atoms with Gasteiger partial charge in [0.15, 0.2) is 0 Å². The number of benzene rings is 1. The van der Waals surface area contributed by atoms with Crippen LogP contribution in [0.5, 0.6) is 0 Å². The van der Waals surface area contributed by atoms with E-state index in [4.69, 9.17) is 4.74 Å². The number of aryl methyl sites for hydroxylation is 1. The van der Waals surface area contributed by atoms with Gasteiger partial charge < -0.3 is 10.1 Å². The molecule has 0 aliphatic rings. The fraction of sp³-hybridized carbons (Fsp3) is 0.533. The second-order valence-electron chi connectivity index (χ2n) is 4.48. The highest BCUT2D eigenvalue weighted by molar-refractivity contribution is 5.70. The first kappa shape index (κ1) is 14.7. The van der Waals surface area contributed by atoms with E-state index in [1.165, 1.54) is 11.1 Å². The van der Waals surface area contributed by atoms with Gasteiger partial charge in [-0.25, -0.2) is 0 Å². The smallest absolute Gasteiger partial charge is 0.307 e. The Morgan fingerprint density at radius 2 is 1.94 bits per heavy atom. The quantitative estimate of drug-likeness (QED) is 0.755. The summed E-state index contributed by atoms with van der Waals surface area (Å²) in [6.07, 6.45) is 1.36. The van der Waals surface area contributed by atoms with Crippen molar-refractivity contribution in [1.29, 1.82) is 0 Å². The Balaban J connectivity index is 2.39.